The quantitative estimate of drug-likeness (QED) is 0.802. The van der Waals surface area contributed by atoms with Crippen LogP contribution in [0.4, 0.5) is 0 Å². The minimum absolute atomic E-state index is 0.0538. The molecule has 5 nitrogen and oxygen atoms in total. The van der Waals surface area contributed by atoms with Gasteiger partial charge in [0.15, 0.2) is 0 Å². The molecule has 0 aliphatic carbocycles. The van der Waals surface area contributed by atoms with Gasteiger partial charge in [0, 0.05) is 36.3 Å². The second kappa shape index (κ2) is 8.34. The molecule has 1 N–H and O–H groups in total. The second-order valence-electron chi connectivity index (χ2n) is 8.14. The maximum atomic E-state index is 12.3. The van der Waals surface area contributed by atoms with Crippen LogP contribution in [0.1, 0.15) is 37.6 Å². The number of aromatic nitrogens is 1. The van der Waals surface area contributed by atoms with Gasteiger partial charge < -0.3 is 10.2 Å². The minimum atomic E-state index is -0.279. The van der Waals surface area contributed by atoms with Crippen molar-refractivity contribution in [2.45, 2.75) is 44.3 Å². The van der Waals surface area contributed by atoms with Crippen molar-refractivity contribution in [2.24, 2.45) is 0 Å². The molecule has 1 aromatic carbocycles. The molecule has 0 unspecified atom stereocenters. The summed E-state index contributed by atoms with van der Waals surface area (Å²) in [4.78, 5) is 19.3. The molecule has 1 aromatic heterocycles. The number of nitriles is 1. The van der Waals surface area contributed by atoms with Gasteiger partial charge in [-0.25, -0.2) is 4.98 Å². The van der Waals surface area contributed by atoms with Crippen molar-refractivity contribution in [2.75, 3.05) is 19.3 Å². The molecular formula is C22H26N4OS. The van der Waals surface area contributed by atoms with E-state index in [1.165, 1.54) is 11.8 Å². The molecule has 0 radical (unpaired) electrons. The third-order valence-corrected chi connectivity index (χ3v) is 5.51. The number of hydrogen-bond acceptors (Lipinski definition) is 5. The van der Waals surface area contributed by atoms with Crippen LogP contribution in [0, 0.1) is 11.3 Å². The number of rotatable bonds is 4. The molecule has 0 saturated heterocycles. The maximum Gasteiger partial charge on any atom is 0.230 e. The summed E-state index contributed by atoms with van der Waals surface area (Å²) >= 11 is 1.34. The molecule has 1 amide bonds. The summed E-state index contributed by atoms with van der Waals surface area (Å²) in [6.07, 6.45) is 0.846. The fourth-order valence-electron chi connectivity index (χ4n) is 3.39. The van der Waals surface area contributed by atoms with Crippen LogP contribution in [0.3, 0.4) is 0 Å². The molecule has 0 bridgehead atoms. The summed E-state index contributed by atoms with van der Waals surface area (Å²) in [5, 5.41) is 13.6. The molecule has 0 fully saturated rings. The Labute approximate surface area is 171 Å². The average Bonchev–Trinajstić information content (AvgIpc) is 2.64. The average molecular weight is 395 g/mol. The van der Waals surface area contributed by atoms with Gasteiger partial charge in [-0.15, -0.1) is 0 Å². The Hall–Kier alpha value is -2.36. The zero-order chi connectivity index (χ0) is 20.3. The number of nitrogens with zero attached hydrogens (tertiary/aromatic N) is 3. The van der Waals surface area contributed by atoms with E-state index >= 15 is 0 Å². The molecule has 146 valence electrons. The lowest BCUT2D eigenvalue weighted by Crippen LogP contribution is -2.41. The molecular weight excluding hydrogens is 368 g/mol. The van der Waals surface area contributed by atoms with Crippen LogP contribution in [-0.4, -0.2) is 40.7 Å². The Bertz CT molecular complexity index is 913. The first kappa shape index (κ1) is 20.4. The highest BCUT2D eigenvalue weighted by Crippen LogP contribution is 2.36. The molecule has 0 saturated carbocycles. The highest BCUT2D eigenvalue weighted by atomic mass is 32.2. The van der Waals surface area contributed by atoms with Gasteiger partial charge in [-0.2, -0.15) is 5.26 Å². The van der Waals surface area contributed by atoms with Crippen molar-refractivity contribution in [1.82, 2.24) is 15.2 Å². The Balaban J connectivity index is 2.02. The van der Waals surface area contributed by atoms with Gasteiger partial charge in [-0.1, -0.05) is 42.1 Å². The Kier molecular flexibility index (Phi) is 6.07. The number of hydrogen-bond donors (Lipinski definition) is 1. The predicted octanol–water partition coefficient (Wildman–Crippen LogP) is 3.61. The molecule has 2 aromatic rings. The summed E-state index contributed by atoms with van der Waals surface area (Å²) in [7, 11) is 2.09. The predicted molar refractivity (Wildman–Crippen MR) is 113 cm³/mol. The molecule has 0 spiro atoms. The first-order chi connectivity index (χ1) is 13.3. The van der Waals surface area contributed by atoms with Gasteiger partial charge >= 0.3 is 0 Å². The normalized spacial score (nSPS) is 14.2. The van der Waals surface area contributed by atoms with E-state index in [-0.39, 0.29) is 17.2 Å². The number of nitrogens with one attached hydrogen (secondary N) is 1. The van der Waals surface area contributed by atoms with Crippen molar-refractivity contribution in [3.8, 4) is 17.2 Å². The van der Waals surface area contributed by atoms with E-state index < -0.39 is 0 Å². The lowest BCUT2D eigenvalue weighted by atomic mass is 9.92. The molecule has 28 heavy (non-hydrogen) atoms. The molecule has 2 heterocycles. The van der Waals surface area contributed by atoms with Crippen LogP contribution < -0.4 is 5.32 Å². The molecule has 6 heteroatoms. The Morgan fingerprint density at radius 2 is 2.04 bits per heavy atom. The number of pyridine rings is 1. The Morgan fingerprint density at radius 1 is 1.32 bits per heavy atom. The number of benzene rings is 1. The van der Waals surface area contributed by atoms with Gasteiger partial charge in [0.1, 0.15) is 11.1 Å². The van der Waals surface area contributed by atoms with Crippen molar-refractivity contribution in [3.05, 3.63) is 47.2 Å². The smallest absolute Gasteiger partial charge is 0.230 e. The summed E-state index contributed by atoms with van der Waals surface area (Å²) in [6.45, 7) is 7.58. The van der Waals surface area contributed by atoms with Crippen LogP contribution in [0.15, 0.2) is 35.4 Å². The minimum Gasteiger partial charge on any atom is -0.351 e. The maximum absolute atomic E-state index is 12.3. The number of likely N-dealkylation sites (N-methyl/N-ethyl adjacent to an activating group) is 1. The summed E-state index contributed by atoms with van der Waals surface area (Å²) in [5.74, 6) is 0.188. The summed E-state index contributed by atoms with van der Waals surface area (Å²) in [6, 6.07) is 12.4. The van der Waals surface area contributed by atoms with Gasteiger partial charge in [0.05, 0.1) is 11.3 Å². The van der Waals surface area contributed by atoms with Crippen molar-refractivity contribution < 1.29 is 4.79 Å². The molecule has 3 rings (SSSR count). The third kappa shape index (κ3) is 4.73. The van der Waals surface area contributed by atoms with Gasteiger partial charge in [0.25, 0.3) is 0 Å². The summed E-state index contributed by atoms with van der Waals surface area (Å²) < 4.78 is 0. The molecule has 1 aliphatic heterocycles. The number of amides is 1. The van der Waals surface area contributed by atoms with Gasteiger partial charge in [-0.3, -0.25) is 4.79 Å². The van der Waals surface area contributed by atoms with Crippen LogP contribution in [0.5, 0.6) is 0 Å². The van der Waals surface area contributed by atoms with Crippen molar-refractivity contribution >= 4 is 17.7 Å². The highest BCUT2D eigenvalue weighted by molar-refractivity contribution is 8.00. The fourth-order valence-corrected chi connectivity index (χ4v) is 4.20. The standard InChI is InChI=1S/C22H26N4OS/c1-22(2,3)25-19(27)14-28-21-16(12-23)20(15-8-6-5-7-9-15)17-13-26(4)11-10-18(17)24-21/h5-9H,10-11,13-14H2,1-4H3,(H,25,27). The topological polar surface area (TPSA) is 69.0 Å². The monoisotopic (exact) mass is 394 g/mol. The fraction of sp³-hybridized carbons (Fsp3) is 0.409. The summed E-state index contributed by atoms with van der Waals surface area (Å²) in [5.41, 5.74) is 4.43. The SMILES string of the molecule is CN1CCc2nc(SCC(=O)NC(C)(C)C)c(C#N)c(-c3ccccc3)c2C1. The zero-order valence-corrected chi connectivity index (χ0v) is 17.7. The van der Waals surface area contributed by atoms with E-state index in [9.17, 15) is 10.1 Å². The lowest BCUT2D eigenvalue weighted by Gasteiger charge is -2.28. The number of carbonyl (C=O) groups excluding carboxylic acids is 1. The first-order valence-electron chi connectivity index (χ1n) is 9.42. The van der Waals surface area contributed by atoms with Gasteiger partial charge in [0.2, 0.25) is 5.91 Å². The van der Waals surface area contributed by atoms with Crippen LogP contribution in [0.2, 0.25) is 0 Å². The zero-order valence-electron chi connectivity index (χ0n) is 16.9. The third-order valence-electron chi connectivity index (χ3n) is 4.54. The second-order valence-corrected chi connectivity index (χ2v) is 9.11. The van der Waals surface area contributed by atoms with E-state index in [4.69, 9.17) is 4.98 Å². The number of thioether (sulfide) groups is 1. The first-order valence-corrected chi connectivity index (χ1v) is 10.4. The highest BCUT2D eigenvalue weighted by Gasteiger charge is 2.25. The van der Waals surface area contributed by atoms with Gasteiger partial charge in [-0.05, 0) is 38.9 Å². The van der Waals surface area contributed by atoms with E-state index in [0.717, 1.165) is 41.9 Å². The number of carbonyl (C=O) groups is 1. The Morgan fingerprint density at radius 3 is 2.68 bits per heavy atom. The number of fused-ring (bicyclic) bond motifs is 1. The van der Waals surface area contributed by atoms with Crippen LogP contribution in [-0.2, 0) is 17.8 Å². The largest absolute Gasteiger partial charge is 0.351 e. The van der Waals surface area contributed by atoms with Crippen LogP contribution >= 0.6 is 11.8 Å². The van der Waals surface area contributed by atoms with E-state index in [0.29, 0.717) is 10.6 Å². The lowest BCUT2D eigenvalue weighted by molar-refractivity contribution is -0.119. The van der Waals surface area contributed by atoms with Crippen LogP contribution in [0.25, 0.3) is 11.1 Å². The van der Waals surface area contributed by atoms with Crippen molar-refractivity contribution in [1.29, 1.82) is 5.26 Å². The van der Waals surface area contributed by atoms with E-state index in [2.05, 4.69) is 23.3 Å². The van der Waals surface area contributed by atoms with E-state index in [1.54, 1.807) is 0 Å². The van der Waals surface area contributed by atoms with E-state index in [1.807, 2.05) is 51.1 Å². The molecule has 0 atom stereocenters. The molecule has 1 aliphatic rings. The van der Waals surface area contributed by atoms with Crippen molar-refractivity contribution in [3.63, 3.8) is 0 Å².